The maximum absolute atomic E-state index is 12.1. The van der Waals surface area contributed by atoms with Crippen LogP contribution in [0.4, 0.5) is 0 Å². The molecular weight excluding hydrogens is 302 g/mol. The molecule has 1 atom stereocenters. The Hall–Kier alpha value is -1.37. The molecule has 0 bridgehead atoms. The van der Waals surface area contributed by atoms with Crippen molar-refractivity contribution in [2.45, 2.75) is 6.42 Å². The SMILES string of the molecule is O=C(O)C1CCN(S(=O)(=O)C=Cc2ccc(Cl)cc2)C1. The second kappa shape index (κ2) is 5.95. The number of halogens is 1. The Morgan fingerprint density at radius 2 is 2.00 bits per heavy atom. The number of hydrogen-bond donors (Lipinski definition) is 1. The third-order valence-corrected chi connectivity index (χ3v) is 4.95. The van der Waals surface area contributed by atoms with E-state index in [0.29, 0.717) is 17.0 Å². The van der Waals surface area contributed by atoms with Gasteiger partial charge in [0.1, 0.15) is 0 Å². The molecule has 2 rings (SSSR count). The van der Waals surface area contributed by atoms with E-state index in [9.17, 15) is 13.2 Å². The molecule has 108 valence electrons. The number of hydrogen-bond acceptors (Lipinski definition) is 3. The standard InChI is InChI=1S/C13H14ClNO4S/c14-12-3-1-10(2-4-12)6-8-20(18,19)15-7-5-11(9-15)13(16)17/h1-4,6,8,11H,5,7,9H2,(H,16,17). The second-order valence-corrected chi connectivity index (χ2v) is 6.84. The average Bonchev–Trinajstić information content (AvgIpc) is 2.89. The lowest BCUT2D eigenvalue weighted by molar-refractivity contribution is -0.141. The first-order valence-corrected chi connectivity index (χ1v) is 7.93. The molecule has 0 aromatic heterocycles. The summed E-state index contributed by atoms with van der Waals surface area (Å²) in [5.74, 6) is -1.57. The molecular formula is C13H14ClNO4S. The molecule has 1 aliphatic heterocycles. The second-order valence-electron chi connectivity index (χ2n) is 4.58. The highest BCUT2D eigenvalue weighted by atomic mass is 35.5. The number of rotatable bonds is 4. The molecule has 0 saturated carbocycles. The third-order valence-electron chi connectivity index (χ3n) is 3.16. The molecule has 1 unspecified atom stereocenters. The van der Waals surface area contributed by atoms with E-state index in [4.69, 9.17) is 16.7 Å². The van der Waals surface area contributed by atoms with Crippen LogP contribution >= 0.6 is 11.6 Å². The minimum absolute atomic E-state index is 0.0304. The van der Waals surface area contributed by atoms with Gasteiger partial charge in [-0.3, -0.25) is 4.79 Å². The summed E-state index contributed by atoms with van der Waals surface area (Å²) in [6, 6.07) is 6.76. The van der Waals surface area contributed by atoms with Crippen LogP contribution in [-0.2, 0) is 14.8 Å². The molecule has 1 aromatic rings. The van der Waals surface area contributed by atoms with Crippen molar-refractivity contribution in [3.8, 4) is 0 Å². The molecule has 1 aromatic carbocycles. The molecule has 0 radical (unpaired) electrons. The van der Waals surface area contributed by atoms with Crippen LogP contribution in [-0.4, -0.2) is 36.9 Å². The van der Waals surface area contributed by atoms with Crippen molar-refractivity contribution in [3.05, 3.63) is 40.3 Å². The Kier molecular flexibility index (Phi) is 4.47. The van der Waals surface area contributed by atoms with E-state index in [1.807, 2.05) is 0 Å². The van der Waals surface area contributed by atoms with E-state index >= 15 is 0 Å². The minimum Gasteiger partial charge on any atom is -0.481 e. The molecule has 20 heavy (non-hydrogen) atoms. The van der Waals surface area contributed by atoms with Crippen molar-refractivity contribution < 1.29 is 18.3 Å². The molecule has 0 spiro atoms. The summed E-state index contributed by atoms with van der Waals surface area (Å²) in [7, 11) is -3.58. The van der Waals surface area contributed by atoms with Gasteiger partial charge in [0.15, 0.2) is 0 Å². The summed E-state index contributed by atoms with van der Waals surface area (Å²) in [4.78, 5) is 10.8. The van der Waals surface area contributed by atoms with Crippen LogP contribution in [0.2, 0.25) is 5.02 Å². The van der Waals surface area contributed by atoms with Crippen LogP contribution < -0.4 is 0 Å². The fraction of sp³-hybridized carbons (Fsp3) is 0.308. The lowest BCUT2D eigenvalue weighted by atomic mass is 10.1. The zero-order valence-corrected chi connectivity index (χ0v) is 12.1. The first-order valence-electron chi connectivity index (χ1n) is 6.05. The number of nitrogens with zero attached hydrogens (tertiary/aromatic N) is 1. The van der Waals surface area contributed by atoms with Gasteiger partial charge >= 0.3 is 5.97 Å². The molecule has 1 heterocycles. The molecule has 0 aliphatic carbocycles. The smallest absolute Gasteiger partial charge is 0.307 e. The van der Waals surface area contributed by atoms with Gasteiger partial charge < -0.3 is 5.11 Å². The van der Waals surface area contributed by atoms with Gasteiger partial charge in [0.2, 0.25) is 10.0 Å². The third kappa shape index (κ3) is 3.59. The van der Waals surface area contributed by atoms with Gasteiger partial charge in [0.05, 0.1) is 5.92 Å². The van der Waals surface area contributed by atoms with E-state index in [1.165, 1.54) is 10.4 Å². The van der Waals surface area contributed by atoms with E-state index in [2.05, 4.69) is 0 Å². The van der Waals surface area contributed by atoms with Crippen LogP contribution in [0.1, 0.15) is 12.0 Å². The summed E-state index contributed by atoms with van der Waals surface area (Å²) >= 11 is 5.74. The summed E-state index contributed by atoms with van der Waals surface area (Å²) < 4.78 is 25.3. The highest BCUT2D eigenvalue weighted by molar-refractivity contribution is 7.92. The van der Waals surface area contributed by atoms with Crippen molar-refractivity contribution in [2.75, 3.05) is 13.1 Å². The predicted molar refractivity (Wildman–Crippen MR) is 76.7 cm³/mol. The molecule has 7 heteroatoms. The molecule has 5 nitrogen and oxygen atoms in total. The van der Waals surface area contributed by atoms with E-state index < -0.39 is 21.9 Å². The summed E-state index contributed by atoms with van der Waals surface area (Å²) in [6.45, 7) is 0.271. The normalized spacial score (nSPS) is 20.6. The summed E-state index contributed by atoms with van der Waals surface area (Å²) in [5.41, 5.74) is 0.715. The van der Waals surface area contributed by atoms with Crippen molar-refractivity contribution in [3.63, 3.8) is 0 Å². The number of sulfonamides is 1. The van der Waals surface area contributed by atoms with Crippen molar-refractivity contribution in [1.29, 1.82) is 0 Å². The van der Waals surface area contributed by atoms with E-state index in [0.717, 1.165) is 5.41 Å². The van der Waals surface area contributed by atoms with Crippen LogP contribution in [0.25, 0.3) is 6.08 Å². The molecule has 1 fully saturated rings. The minimum atomic E-state index is -3.58. The first-order chi connectivity index (χ1) is 9.38. The van der Waals surface area contributed by atoms with Gasteiger partial charge in [-0.15, -0.1) is 0 Å². The fourth-order valence-corrected chi connectivity index (χ4v) is 3.36. The molecule has 1 saturated heterocycles. The van der Waals surface area contributed by atoms with Crippen molar-refractivity contribution >= 4 is 33.7 Å². The maximum Gasteiger partial charge on any atom is 0.307 e. The monoisotopic (exact) mass is 315 g/mol. The zero-order chi connectivity index (χ0) is 14.8. The Balaban J connectivity index is 2.08. The van der Waals surface area contributed by atoms with Crippen LogP contribution in [0.5, 0.6) is 0 Å². The number of carbonyl (C=O) groups is 1. The summed E-state index contributed by atoms with van der Waals surface area (Å²) in [6.07, 6.45) is 1.82. The number of carboxylic acids is 1. The fourth-order valence-electron chi connectivity index (χ4n) is 1.99. The lowest BCUT2D eigenvalue weighted by Crippen LogP contribution is -2.28. The van der Waals surface area contributed by atoms with Gasteiger partial charge in [0, 0.05) is 23.5 Å². The van der Waals surface area contributed by atoms with E-state index in [1.54, 1.807) is 24.3 Å². The Labute approximate surface area is 122 Å². The first kappa shape index (κ1) is 15.0. The van der Waals surface area contributed by atoms with Gasteiger partial charge in [-0.05, 0) is 30.2 Å². The topological polar surface area (TPSA) is 74.7 Å². The lowest BCUT2D eigenvalue weighted by Gasteiger charge is -2.12. The van der Waals surface area contributed by atoms with Gasteiger partial charge in [-0.2, -0.15) is 4.31 Å². The molecule has 0 amide bonds. The van der Waals surface area contributed by atoms with Gasteiger partial charge in [-0.1, -0.05) is 23.7 Å². The highest BCUT2D eigenvalue weighted by Gasteiger charge is 2.33. The predicted octanol–water partition coefficient (Wildman–Crippen LogP) is 2.05. The number of carboxylic acid groups (broad SMARTS) is 1. The zero-order valence-electron chi connectivity index (χ0n) is 10.6. The summed E-state index contributed by atoms with van der Waals surface area (Å²) in [5, 5.41) is 10.6. The number of aliphatic carboxylic acids is 1. The number of benzene rings is 1. The van der Waals surface area contributed by atoms with Crippen LogP contribution in [0, 0.1) is 5.92 Å². The quantitative estimate of drug-likeness (QED) is 0.922. The van der Waals surface area contributed by atoms with Gasteiger partial charge in [0.25, 0.3) is 0 Å². The largest absolute Gasteiger partial charge is 0.481 e. The Morgan fingerprint density at radius 1 is 1.35 bits per heavy atom. The van der Waals surface area contributed by atoms with Crippen molar-refractivity contribution in [2.24, 2.45) is 5.92 Å². The van der Waals surface area contributed by atoms with Crippen LogP contribution in [0.3, 0.4) is 0 Å². The highest BCUT2D eigenvalue weighted by Crippen LogP contribution is 2.21. The molecule has 1 N–H and O–H groups in total. The van der Waals surface area contributed by atoms with Crippen molar-refractivity contribution in [1.82, 2.24) is 4.31 Å². The van der Waals surface area contributed by atoms with E-state index in [-0.39, 0.29) is 13.1 Å². The Morgan fingerprint density at radius 3 is 2.55 bits per heavy atom. The average molecular weight is 316 g/mol. The maximum atomic E-state index is 12.1. The van der Waals surface area contributed by atoms with Crippen LogP contribution in [0.15, 0.2) is 29.7 Å². The Bertz CT molecular complexity index is 624. The molecule has 1 aliphatic rings. The van der Waals surface area contributed by atoms with Gasteiger partial charge in [-0.25, -0.2) is 8.42 Å².